The van der Waals surface area contributed by atoms with Crippen molar-refractivity contribution in [2.45, 2.75) is 18.9 Å². The molecule has 0 bridgehead atoms. The number of fused-ring (bicyclic) bond motifs is 1. The van der Waals surface area contributed by atoms with E-state index in [1.54, 1.807) is 12.1 Å². The molecule has 1 N–H and O–H groups in total. The minimum Gasteiger partial charge on any atom is -0.387 e. The number of Topliss-reactive ketones (excluding diaryl/α,β-unsaturated/α-hetero) is 1. The number of nitrogens with zero attached hydrogens (tertiary/aromatic N) is 1. The first-order valence-corrected chi connectivity index (χ1v) is 9.79. The van der Waals surface area contributed by atoms with Gasteiger partial charge in [0.25, 0.3) is 0 Å². The number of aliphatic hydroxyl groups excluding tert-OH is 1. The number of rotatable bonds is 5. The molecule has 3 aromatic carbocycles. The van der Waals surface area contributed by atoms with E-state index in [-0.39, 0.29) is 17.5 Å². The summed E-state index contributed by atoms with van der Waals surface area (Å²) in [5, 5.41) is 13.0. The fraction of sp³-hybridized carbons (Fsp3) is 0.292. The van der Waals surface area contributed by atoms with Gasteiger partial charge in [-0.25, -0.2) is 4.39 Å². The predicted molar refractivity (Wildman–Crippen MR) is 109 cm³/mol. The Morgan fingerprint density at radius 1 is 1.00 bits per heavy atom. The summed E-state index contributed by atoms with van der Waals surface area (Å²) in [4.78, 5) is 14.8. The second-order valence-corrected chi connectivity index (χ2v) is 7.53. The van der Waals surface area contributed by atoms with Crippen molar-refractivity contribution in [2.75, 3.05) is 19.6 Å². The van der Waals surface area contributed by atoms with Crippen LogP contribution in [0.15, 0.2) is 66.7 Å². The topological polar surface area (TPSA) is 40.5 Å². The summed E-state index contributed by atoms with van der Waals surface area (Å²) in [6.07, 6.45) is 0.965. The molecule has 1 atom stereocenters. The molecular weight excluding hydrogens is 353 g/mol. The molecule has 1 saturated heterocycles. The Morgan fingerprint density at radius 2 is 1.68 bits per heavy atom. The van der Waals surface area contributed by atoms with Crippen molar-refractivity contribution in [3.63, 3.8) is 0 Å². The lowest BCUT2D eigenvalue weighted by atomic mass is 9.88. The molecule has 0 unspecified atom stereocenters. The van der Waals surface area contributed by atoms with E-state index >= 15 is 0 Å². The highest BCUT2D eigenvalue weighted by atomic mass is 19.1. The Hall–Kier alpha value is -2.56. The third kappa shape index (κ3) is 3.98. The molecule has 28 heavy (non-hydrogen) atoms. The second kappa shape index (κ2) is 8.21. The number of hydrogen-bond donors (Lipinski definition) is 1. The molecular formula is C24H24FNO2. The summed E-state index contributed by atoms with van der Waals surface area (Å²) in [6, 6.07) is 19.9. The van der Waals surface area contributed by atoms with Crippen LogP contribution in [0.5, 0.6) is 0 Å². The van der Waals surface area contributed by atoms with Gasteiger partial charge in [0.2, 0.25) is 0 Å². The quantitative estimate of drug-likeness (QED) is 0.660. The van der Waals surface area contributed by atoms with Gasteiger partial charge in [-0.3, -0.25) is 4.79 Å². The van der Waals surface area contributed by atoms with Gasteiger partial charge >= 0.3 is 0 Å². The molecule has 0 saturated carbocycles. The van der Waals surface area contributed by atoms with E-state index in [0.717, 1.165) is 42.3 Å². The number of piperidine rings is 1. The average molecular weight is 377 g/mol. The Balaban J connectivity index is 1.37. The molecule has 0 aromatic heterocycles. The number of β-amino-alcohol motifs (C(OH)–C–C–N with tert-alkyl or cyclic N) is 1. The third-order valence-electron chi connectivity index (χ3n) is 5.70. The van der Waals surface area contributed by atoms with Gasteiger partial charge in [0, 0.05) is 18.0 Å². The van der Waals surface area contributed by atoms with E-state index in [9.17, 15) is 14.3 Å². The smallest absolute Gasteiger partial charge is 0.166 e. The number of carbonyl (C=O) groups is 1. The van der Waals surface area contributed by atoms with Crippen molar-refractivity contribution in [1.29, 1.82) is 0 Å². The van der Waals surface area contributed by atoms with E-state index < -0.39 is 6.10 Å². The first kappa shape index (κ1) is 18.8. The lowest BCUT2D eigenvalue weighted by molar-refractivity contribution is 0.0730. The van der Waals surface area contributed by atoms with Gasteiger partial charge in [0.15, 0.2) is 5.78 Å². The Morgan fingerprint density at radius 3 is 2.43 bits per heavy atom. The molecule has 3 aromatic rings. The monoisotopic (exact) mass is 377 g/mol. The maximum Gasteiger partial charge on any atom is 0.166 e. The zero-order chi connectivity index (χ0) is 19.5. The molecule has 0 amide bonds. The van der Waals surface area contributed by atoms with Crippen molar-refractivity contribution >= 4 is 16.6 Å². The molecule has 0 aliphatic carbocycles. The fourth-order valence-electron chi connectivity index (χ4n) is 4.11. The fourth-order valence-corrected chi connectivity index (χ4v) is 4.11. The zero-order valence-corrected chi connectivity index (χ0v) is 15.7. The van der Waals surface area contributed by atoms with E-state index in [4.69, 9.17) is 0 Å². The first-order chi connectivity index (χ1) is 13.6. The van der Waals surface area contributed by atoms with Crippen LogP contribution in [0.2, 0.25) is 0 Å². The van der Waals surface area contributed by atoms with Crippen molar-refractivity contribution in [3.8, 4) is 0 Å². The number of ketones is 1. The van der Waals surface area contributed by atoms with Gasteiger partial charge < -0.3 is 10.0 Å². The van der Waals surface area contributed by atoms with Crippen LogP contribution in [0.4, 0.5) is 4.39 Å². The number of hydrogen-bond acceptors (Lipinski definition) is 3. The minimum absolute atomic E-state index is 0.0311. The molecule has 4 rings (SSSR count). The second-order valence-electron chi connectivity index (χ2n) is 7.53. The third-order valence-corrected chi connectivity index (χ3v) is 5.70. The normalized spacial score (nSPS) is 16.9. The van der Waals surface area contributed by atoms with Crippen LogP contribution >= 0.6 is 0 Å². The van der Waals surface area contributed by atoms with Crippen molar-refractivity contribution in [1.82, 2.24) is 4.90 Å². The Kier molecular flexibility index (Phi) is 5.51. The number of carbonyl (C=O) groups excluding carboxylic acids is 1. The lowest BCUT2D eigenvalue weighted by Gasteiger charge is -2.32. The lowest BCUT2D eigenvalue weighted by Crippen LogP contribution is -2.38. The minimum atomic E-state index is -0.560. The largest absolute Gasteiger partial charge is 0.387 e. The Labute approximate surface area is 164 Å². The first-order valence-electron chi connectivity index (χ1n) is 9.79. The van der Waals surface area contributed by atoms with Crippen molar-refractivity contribution in [3.05, 3.63) is 83.7 Å². The molecule has 1 aliphatic heterocycles. The summed E-state index contributed by atoms with van der Waals surface area (Å²) in [5.41, 5.74) is 1.53. The number of likely N-dealkylation sites (tertiary alicyclic amines) is 1. The highest BCUT2D eigenvalue weighted by Gasteiger charge is 2.27. The summed E-state index contributed by atoms with van der Waals surface area (Å²) in [7, 11) is 0. The molecule has 0 spiro atoms. The summed E-state index contributed by atoms with van der Waals surface area (Å²) < 4.78 is 13.1. The van der Waals surface area contributed by atoms with Crippen LogP contribution in [-0.2, 0) is 0 Å². The van der Waals surface area contributed by atoms with Crippen LogP contribution in [-0.4, -0.2) is 35.4 Å². The van der Waals surface area contributed by atoms with Crippen LogP contribution in [0.3, 0.4) is 0 Å². The zero-order valence-electron chi connectivity index (χ0n) is 15.7. The number of halogens is 1. The van der Waals surface area contributed by atoms with Gasteiger partial charge in [0.05, 0.1) is 6.10 Å². The van der Waals surface area contributed by atoms with E-state index in [0.29, 0.717) is 12.1 Å². The van der Waals surface area contributed by atoms with Crippen LogP contribution < -0.4 is 0 Å². The SMILES string of the molecule is O=C(c1ccc(F)cc1)C1CCN(C[C@H](O)c2cccc3ccccc23)CC1. The van der Waals surface area contributed by atoms with Gasteiger partial charge in [-0.2, -0.15) is 0 Å². The molecule has 1 heterocycles. The van der Waals surface area contributed by atoms with Crippen molar-refractivity contribution < 1.29 is 14.3 Å². The standard InChI is InChI=1S/C24H24FNO2/c25-20-10-8-18(9-11-20)24(28)19-12-14-26(15-13-19)16-23(27)22-7-3-5-17-4-1-2-6-21(17)22/h1-11,19,23,27H,12-16H2/t23-/m0/s1. The van der Waals surface area contributed by atoms with Gasteiger partial charge in [-0.15, -0.1) is 0 Å². The molecule has 144 valence electrons. The molecule has 1 fully saturated rings. The van der Waals surface area contributed by atoms with Gasteiger partial charge in [-0.1, -0.05) is 42.5 Å². The summed E-state index contributed by atoms with van der Waals surface area (Å²) in [6.45, 7) is 2.12. The maximum atomic E-state index is 13.1. The van der Waals surface area contributed by atoms with Crippen LogP contribution in [0, 0.1) is 11.7 Å². The molecule has 3 nitrogen and oxygen atoms in total. The maximum absolute atomic E-state index is 13.1. The summed E-state index contributed by atoms with van der Waals surface area (Å²) >= 11 is 0. The van der Waals surface area contributed by atoms with Crippen molar-refractivity contribution in [2.24, 2.45) is 5.92 Å². The van der Waals surface area contributed by atoms with E-state index in [1.165, 1.54) is 12.1 Å². The molecule has 0 radical (unpaired) electrons. The highest BCUT2D eigenvalue weighted by Crippen LogP contribution is 2.27. The van der Waals surface area contributed by atoms with Crippen LogP contribution in [0.1, 0.15) is 34.9 Å². The molecule has 4 heteroatoms. The number of benzene rings is 3. The molecule has 1 aliphatic rings. The van der Waals surface area contributed by atoms with Crippen LogP contribution in [0.25, 0.3) is 10.8 Å². The van der Waals surface area contributed by atoms with Gasteiger partial charge in [0.1, 0.15) is 5.82 Å². The van der Waals surface area contributed by atoms with E-state index in [2.05, 4.69) is 17.0 Å². The Bertz CT molecular complexity index is 957. The highest BCUT2D eigenvalue weighted by molar-refractivity contribution is 5.97. The van der Waals surface area contributed by atoms with E-state index in [1.807, 2.05) is 30.3 Å². The average Bonchev–Trinajstić information content (AvgIpc) is 2.74. The summed E-state index contributed by atoms with van der Waals surface area (Å²) in [5.74, 6) is -0.264. The van der Waals surface area contributed by atoms with Gasteiger partial charge in [-0.05, 0) is 66.5 Å². The number of aliphatic hydroxyl groups is 1. The predicted octanol–water partition coefficient (Wildman–Crippen LogP) is 4.61.